The predicted molar refractivity (Wildman–Crippen MR) is 72.3 cm³/mol. The number of hydrogen-bond donors (Lipinski definition) is 1. The van der Waals surface area contributed by atoms with E-state index in [0.717, 1.165) is 28.8 Å². The molecule has 4 heteroatoms. The number of aryl methyl sites for hydroxylation is 1. The van der Waals surface area contributed by atoms with Crippen molar-refractivity contribution in [1.29, 1.82) is 0 Å². The summed E-state index contributed by atoms with van der Waals surface area (Å²) in [6, 6.07) is 8.03. The molecule has 1 aliphatic rings. The van der Waals surface area contributed by atoms with Crippen LogP contribution < -0.4 is 5.73 Å². The van der Waals surface area contributed by atoms with Gasteiger partial charge in [0.15, 0.2) is 0 Å². The number of rotatable bonds is 1. The van der Waals surface area contributed by atoms with Gasteiger partial charge in [0.25, 0.3) is 0 Å². The average molecular weight is 292 g/mol. The van der Waals surface area contributed by atoms with Crippen LogP contribution in [0.15, 0.2) is 28.7 Å². The van der Waals surface area contributed by atoms with Crippen LogP contribution in [0, 0.1) is 0 Å². The molecule has 0 aliphatic heterocycles. The van der Waals surface area contributed by atoms with Crippen molar-refractivity contribution in [3.63, 3.8) is 0 Å². The lowest BCUT2D eigenvalue weighted by molar-refractivity contribution is 0.671. The van der Waals surface area contributed by atoms with Crippen molar-refractivity contribution in [2.45, 2.75) is 25.7 Å². The van der Waals surface area contributed by atoms with Gasteiger partial charge >= 0.3 is 0 Å². The Bertz CT molecular complexity index is 560. The fraction of sp³-hybridized carbons (Fsp3) is 0.308. The van der Waals surface area contributed by atoms with Crippen molar-refractivity contribution in [2.24, 2.45) is 0 Å². The highest BCUT2D eigenvalue weighted by Crippen LogP contribution is 2.30. The number of aromatic nitrogens is 2. The molecule has 0 atom stereocenters. The molecule has 0 amide bonds. The van der Waals surface area contributed by atoms with Gasteiger partial charge in [-0.2, -0.15) is 5.10 Å². The molecule has 3 rings (SSSR count). The molecule has 0 saturated carbocycles. The molecular formula is C13H14BrN3. The minimum Gasteiger partial charge on any atom is -0.383 e. The number of hydrogen-bond acceptors (Lipinski definition) is 2. The van der Waals surface area contributed by atoms with Gasteiger partial charge in [-0.1, -0.05) is 12.1 Å². The van der Waals surface area contributed by atoms with Gasteiger partial charge in [0.1, 0.15) is 5.82 Å². The molecule has 3 nitrogen and oxygen atoms in total. The number of fused-ring (bicyclic) bond motifs is 1. The van der Waals surface area contributed by atoms with E-state index in [4.69, 9.17) is 5.73 Å². The maximum absolute atomic E-state index is 6.20. The van der Waals surface area contributed by atoms with Crippen LogP contribution >= 0.6 is 15.9 Å². The Morgan fingerprint density at radius 3 is 2.71 bits per heavy atom. The third-order valence-electron chi connectivity index (χ3n) is 3.28. The topological polar surface area (TPSA) is 43.8 Å². The summed E-state index contributed by atoms with van der Waals surface area (Å²) >= 11 is 3.54. The van der Waals surface area contributed by atoms with Crippen molar-refractivity contribution >= 4 is 21.7 Å². The molecule has 2 aromatic rings. The zero-order valence-corrected chi connectivity index (χ0v) is 11.1. The van der Waals surface area contributed by atoms with Gasteiger partial charge in [-0.3, -0.25) is 0 Å². The molecule has 1 aromatic heterocycles. The number of benzene rings is 1. The summed E-state index contributed by atoms with van der Waals surface area (Å²) in [7, 11) is 0. The summed E-state index contributed by atoms with van der Waals surface area (Å²) < 4.78 is 2.88. The predicted octanol–water partition coefficient (Wildman–Crippen LogP) is 3.10. The highest BCUT2D eigenvalue weighted by Gasteiger charge is 2.19. The lowest BCUT2D eigenvalue weighted by Crippen LogP contribution is -2.04. The summed E-state index contributed by atoms with van der Waals surface area (Å²) in [5.41, 5.74) is 9.63. The minimum atomic E-state index is 0.798. The Labute approximate surface area is 109 Å². The first kappa shape index (κ1) is 10.8. The van der Waals surface area contributed by atoms with E-state index < -0.39 is 0 Å². The number of anilines is 1. The smallest absolute Gasteiger partial charge is 0.130 e. The van der Waals surface area contributed by atoms with Crippen LogP contribution in [0.25, 0.3) is 5.69 Å². The second-order valence-corrected chi connectivity index (χ2v) is 5.24. The van der Waals surface area contributed by atoms with Gasteiger partial charge in [-0.05, 0) is 53.7 Å². The van der Waals surface area contributed by atoms with Crippen LogP contribution in [-0.2, 0) is 12.8 Å². The fourth-order valence-corrected chi connectivity index (χ4v) is 2.84. The van der Waals surface area contributed by atoms with Crippen molar-refractivity contribution in [3.8, 4) is 5.69 Å². The average Bonchev–Trinajstić information content (AvgIpc) is 2.68. The fourth-order valence-electron chi connectivity index (χ4n) is 2.39. The summed E-state index contributed by atoms with van der Waals surface area (Å²) in [6.07, 6.45) is 4.56. The standard InChI is InChI=1S/C13H14BrN3/c14-10-6-2-4-8-12(10)17-13(15)9-5-1-3-7-11(9)16-17/h2,4,6,8H,1,3,5,7,15H2. The molecular weight excluding hydrogens is 278 g/mol. The summed E-state index contributed by atoms with van der Waals surface area (Å²) in [6.45, 7) is 0. The Morgan fingerprint density at radius 1 is 1.18 bits per heavy atom. The van der Waals surface area contributed by atoms with Crippen LogP contribution in [0.4, 0.5) is 5.82 Å². The third-order valence-corrected chi connectivity index (χ3v) is 3.95. The Balaban J connectivity index is 2.16. The molecule has 0 fully saturated rings. The molecule has 0 bridgehead atoms. The van der Waals surface area contributed by atoms with Crippen LogP contribution in [0.2, 0.25) is 0 Å². The maximum atomic E-state index is 6.20. The molecule has 88 valence electrons. The van der Waals surface area contributed by atoms with E-state index in [-0.39, 0.29) is 0 Å². The highest BCUT2D eigenvalue weighted by atomic mass is 79.9. The first-order chi connectivity index (χ1) is 8.27. The minimum absolute atomic E-state index is 0.798. The van der Waals surface area contributed by atoms with Gasteiger partial charge in [0.2, 0.25) is 0 Å². The number of nitrogens with two attached hydrogens (primary N) is 1. The lowest BCUT2D eigenvalue weighted by Gasteiger charge is -2.09. The first-order valence-electron chi connectivity index (χ1n) is 5.88. The lowest BCUT2D eigenvalue weighted by atomic mass is 9.98. The SMILES string of the molecule is Nc1c2c(nn1-c1ccccc1Br)CCCC2. The molecule has 17 heavy (non-hydrogen) atoms. The Hall–Kier alpha value is -1.29. The zero-order chi connectivity index (χ0) is 11.8. The second kappa shape index (κ2) is 4.18. The van der Waals surface area contributed by atoms with Crippen LogP contribution in [0.5, 0.6) is 0 Å². The third kappa shape index (κ3) is 1.76. The Morgan fingerprint density at radius 2 is 1.94 bits per heavy atom. The number of halogens is 1. The van der Waals surface area contributed by atoms with Crippen molar-refractivity contribution in [3.05, 3.63) is 40.0 Å². The zero-order valence-electron chi connectivity index (χ0n) is 9.49. The van der Waals surface area contributed by atoms with E-state index in [9.17, 15) is 0 Å². The summed E-state index contributed by atoms with van der Waals surface area (Å²) in [5.74, 6) is 0.798. The maximum Gasteiger partial charge on any atom is 0.130 e. The number of nitrogens with zero attached hydrogens (tertiary/aromatic N) is 2. The summed E-state index contributed by atoms with van der Waals surface area (Å²) in [4.78, 5) is 0. The van der Waals surface area contributed by atoms with Crippen LogP contribution in [-0.4, -0.2) is 9.78 Å². The molecule has 0 radical (unpaired) electrons. The van der Waals surface area contributed by atoms with Gasteiger partial charge in [-0.15, -0.1) is 0 Å². The van der Waals surface area contributed by atoms with E-state index in [0.29, 0.717) is 0 Å². The van der Waals surface area contributed by atoms with E-state index >= 15 is 0 Å². The summed E-state index contributed by atoms with van der Waals surface area (Å²) in [5, 5.41) is 4.64. The highest BCUT2D eigenvalue weighted by molar-refractivity contribution is 9.10. The first-order valence-corrected chi connectivity index (χ1v) is 6.68. The van der Waals surface area contributed by atoms with Crippen molar-refractivity contribution in [2.75, 3.05) is 5.73 Å². The largest absolute Gasteiger partial charge is 0.383 e. The van der Waals surface area contributed by atoms with E-state index in [1.54, 1.807) is 0 Å². The van der Waals surface area contributed by atoms with E-state index in [1.807, 2.05) is 28.9 Å². The second-order valence-electron chi connectivity index (χ2n) is 4.38. The van der Waals surface area contributed by atoms with Crippen LogP contribution in [0.3, 0.4) is 0 Å². The van der Waals surface area contributed by atoms with E-state index in [1.165, 1.54) is 24.1 Å². The molecule has 2 N–H and O–H groups in total. The monoisotopic (exact) mass is 291 g/mol. The Kier molecular flexibility index (Phi) is 2.67. The molecule has 0 unspecified atom stereocenters. The molecule has 0 spiro atoms. The molecule has 1 aromatic carbocycles. The molecule has 1 aliphatic carbocycles. The van der Waals surface area contributed by atoms with Gasteiger partial charge in [-0.25, -0.2) is 4.68 Å². The van der Waals surface area contributed by atoms with Gasteiger partial charge < -0.3 is 5.73 Å². The number of nitrogen functional groups attached to an aromatic ring is 1. The van der Waals surface area contributed by atoms with Crippen molar-refractivity contribution < 1.29 is 0 Å². The van der Waals surface area contributed by atoms with E-state index in [2.05, 4.69) is 21.0 Å². The quantitative estimate of drug-likeness (QED) is 0.877. The number of para-hydroxylation sites is 1. The van der Waals surface area contributed by atoms with Crippen molar-refractivity contribution in [1.82, 2.24) is 9.78 Å². The molecule has 1 heterocycles. The molecule has 0 saturated heterocycles. The normalized spacial score (nSPS) is 14.6. The van der Waals surface area contributed by atoms with Gasteiger partial charge in [0.05, 0.1) is 11.4 Å². The van der Waals surface area contributed by atoms with Gasteiger partial charge in [0, 0.05) is 10.0 Å². The van der Waals surface area contributed by atoms with Crippen LogP contribution in [0.1, 0.15) is 24.1 Å².